The zero-order chi connectivity index (χ0) is 14.2. The van der Waals surface area contributed by atoms with Gasteiger partial charge in [-0.1, -0.05) is 0 Å². The number of likely N-dealkylation sites (tertiary alicyclic amines) is 1. The molecule has 2 atom stereocenters. The van der Waals surface area contributed by atoms with Gasteiger partial charge in [-0.15, -0.1) is 5.10 Å². The Hall–Kier alpha value is -2.19. The van der Waals surface area contributed by atoms with Crippen molar-refractivity contribution in [2.75, 3.05) is 6.54 Å². The first-order chi connectivity index (χ1) is 8.88. The van der Waals surface area contributed by atoms with Gasteiger partial charge in [-0.2, -0.15) is 4.68 Å². The number of hydrogen-bond donors (Lipinski definition) is 1. The summed E-state index contributed by atoms with van der Waals surface area (Å²) >= 11 is 0. The molecule has 8 nitrogen and oxygen atoms in total. The third-order valence-corrected chi connectivity index (χ3v) is 2.89. The molecule has 1 fully saturated rings. The lowest BCUT2D eigenvalue weighted by Crippen LogP contribution is -2.45. The van der Waals surface area contributed by atoms with Crippen molar-refractivity contribution in [3.63, 3.8) is 0 Å². The van der Waals surface area contributed by atoms with Crippen molar-refractivity contribution in [3.05, 3.63) is 16.4 Å². The summed E-state index contributed by atoms with van der Waals surface area (Å²) in [4.78, 5) is 35.4. The molecular weight excluding hydrogens is 259 g/mol. The predicted molar refractivity (Wildman–Crippen MR) is 59.7 cm³/mol. The number of carbonyl (C=O) groups is 2. The molecular formula is C10H13FN4O4. The Bertz CT molecular complexity index is 566. The number of hydrogen-bond acceptors (Lipinski definition) is 5. The summed E-state index contributed by atoms with van der Waals surface area (Å²) < 4.78 is 18.7. The summed E-state index contributed by atoms with van der Waals surface area (Å²) in [6.07, 6.45) is -1.41. The standard InChI is InChI=1S/C10H13FN4O4/c1-5-13-15(10(18)19-5)4-8(16)14-3-6(11)2-7(14)9(12)17/h6-7H,2-4H2,1H3,(H2,12,17). The van der Waals surface area contributed by atoms with Crippen LogP contribution in [0.1, 0.15) is 12.3 Å². The number of nitrogens with two attached hydrogens (primary N) is 1. The molecule has 2 heterocycles. The van der Waals surface area contributed by atoms with Gasteiger partial charge in [0, 0.05) is 13.3 Å². The summed E-state index contributed by atoms with van der Waals surface area (Å²) in [5.74, 6) is -2.02. The van der Waals surface area contributed by atoms with Gasteiger partial charge in [-0.05, 0) is 0 Å². The first-order valence-electron chi connectivity index (χ1n) is 5.66. The molecule has 1 aromatic heterocycles. The summed E-state index contributed by atoms with van der Waals surface area (Å²) in [5.41, 5.74) is 5.11. The van der Waals surface area contributed by atoms with Crippen LogP contribution >= 0.6 is 0 Å². The van der Waals surface area contributed by atoms with Gasteiger partial charge in [0.05, 0.1) is 6.54 Å². The Morgan fingerprint density at radius 2 is 2.26 bits per heavy atom. The Morgan fingerprint density at radius 1 is 1.58 bits per heavy atom. The normalized spacial score (nSPS) is 22.7. The van der Waals surface area contributed by atoms with E-state index in [0.717, 1.165) is 9.58 Å². The van der Waals surface area contributed by atoms with Crippen LogP contribution in [0.15, 0.2) is 9.21 Å². The number of alkyl halides is 1. The lowest BCUT2D eigenvalue weighted by Gasteiger charge is -2.21. The highest BCUT2D eigenvalue weighted by molar-refractivity contribution is 5.87. The van der Waals surface area contributed by atoms with E-state index >= 15 is 0 Å². The molecule has 0 saturated carbocycles. The molecule has 104 valence electrons. The van der Waals surface area contributed by atoms with Gasteiger partial charge in [0.2, 0.25) is 17.7 Å². The fraction of sp³-hybridized carbons (Fsp3) is 0.600. The van der Waals surface area contributed by atoms with Crippen molar-refractivity contribution in [2.45, 2.75) is 32.1 Å². The third-order valence-electron chi connectivity index (χ3n) is 2.89. The number of primary amides is 1. The number of rotatable bonds is 3. The molecule has 9 heteroatoms. The predicted octanol–water partition coefficient (Wildman–Crippen LogP) is -1.43. The number of carbonyl (C=O) groups excluding carboxylic acids is 2. The minimum atomic E-state index is -1.29. The number of nitrogens with zero attached hydrogens (tertiary/aromatic N) is 3. The molecule has 2 amide bonds. The molecule has 2 unspecified atom stereocenters. The second kappa shape index (κ2) is 4.82. The largest absolute Gasteiger partial charge is 0.437 e. The summed E-state index contributed by atoms with van der Waals surface area (Å²) in [6.45, 7) is 0.840. The van der Waals surface area contributed by atoms with Crippen LogP contribution in [0.3, 0.4) is 0 Å². The maximum Gasteiger partial charge on any atom is 0.437 e. The van der Waals surface area contributed by atoms with Crippen LogP contribution in [0.25, 0.3) is 0 Å². The summed E-state index contributed by atoms with van der Waals surface area (Å²) in [5, 5.41) is 3.69. The van der Waals surface area contributed by atoms with Crippen molar-refractivity contribution in [1.82, 2.24) is 14.7 Å². The second-order valence-corrected chi connectivity index (χ2v) is 4.34. The van der Waals surface area contributed by atoms with Gasteiger partial charge in [0.1, 0.15) is 18.8 Å². The fourth-order valence-electron chi connectivity index (χ4n) is 2.06. The van der Waals surface area contributed by atoms with Crippen molar-refractivity contribution in [1.29, 1.82) is 0 Å². The topological polar surface area (TPSA) is 111 Å². The highest BCUT2D eigenvalue weighted by Crippen LogP contribution is 2.20. The molecule has 0 aromatic carbocycles. The molecule has 1 saturated heterocycles. The van der Waals surface area contributed by atoms with Crippen molar-refractivity contribution in [2.24, 2.45) is 5.73 Å². The van der Waals surface area contributed by atoms with E-state index in [2.05, 4.69) is 9.52 Å². The van der Waals surface area contributed by atoms with E-state index in [1.165, 1.54) is 6.92 Å². The molecule has 0 spiro atoms. The molecule has 1 aromatic rings. The molecule has 2 rings (SSSR count). The van der Waals surface area contributed by atoms with Gasteiger partial charge < -0.3 is 15.1 Å². The second-order valence-electron chi connectivity index (χ2n) is 4.34. The lowest BCUT2D eigenvalue weighted by atomic mass is 10.2. The minimum Gasteiger partial charge on any atom is -0.393 e. The molecule has 19 heavy (non-hydrogen) atoms. The third kappa shape index (κ3) is 2.64. The fourth-order valence-corrected chi connectivity index (χ4v) is 2.06. The van der Waals surface area contributed by atoms with E-state index < -0.39 is 36.3 Å². The smallest absolute Gasteiger partial charge is 0.393 e. The minimum absolute atomic E-state index is 0.117. The van der Waals surface area contributed by atoms with Crippen LogP contribution in [-0.4, -0.2) is 45.3 Å². The highest BCUT2D eigenvalue weighted by atomic mass is 19.1. The van der Waals surface area contributed by atoms with Crippen molar-refractivity contribution >= 4 is 11.8 Å². The van der Waals surface area contributed by atoms with Crippen LogP contribution < -0.4 is 11.5 Å². The van der Waals surface area contributed by atoms with Gasteiger partial charge in [0.25, 0.3) is 0 Å². The average Bonchev–Trinajstić information content (AvgIpc) is 2.83. The Kier molecular flexibility index (Phi) is 3.36. The van der Waals surface area contributed by atoms with E-state index in [-0.39, 0.29) is 18.9 Å². The van der Waals surface area contributed by atoms with Crippen LogP contribution in [0, 0.1) is 6.92 Å². The highest BCUT2D eigenvalue weighted by Gasteiger charge is 2.38. The lowest BCUT2D eigenvalue weighted by molar-refractivity contribution is -0.138. The van der Waals surface area contributed by atoms with E-state index in [1.807, 2.05) is 0 Å². The first-order valence-corrected chi connectivity index (χ1v) is 5.66. The van der Waals surface area contributed by atoms with Crippen LogP contribution in [0.4, 0.5) is 4.39 Å². The van der Waals surface area contributed by atoms with Crippen molar-refractivity contribution in [3.8, 4) is 0 Å². The van der Waals surface area contributed by atoms with Gasteiger partial charge in [-0.3, -0.25) is 9.59 Å². The number of aryl methyl sites for hydroxylation is 1. The van der Waals surface area contributed by atoms with Gasteiger partial charge >= 0.3 is 5.76 Å². The summed E-state index contributed by atoms with van der Waals surface area (Å²) in [7, 11) is 0. The van der Waals surface area contributed by atoms with Gasteiger partial charge in [0.15, 0.2) is 0 Å². The monoisotopic (exact) mass is 272 g/mol. The SMILES string of the molecule is Cc1nn(CC(=O)N2CC(F)CC2C(N)=O)c(=O)o1. The Labute approximate surface area is 107 Å². The molecule has 0 radical (unpaired) electrons. The van der Waals surface area contributed by atoms with Crippen LogP contribution in [0.5, 0.6) is 0 Å². The quantitative estimate of drug-likeness (QED) is 0.725. The van der Waals surface area contributed by atoms with Crippen molar-refractivity contribution < 1.29 is 18.4 Å². The Morgan fingerprint density at radius 3 is 2.79 bits per heavy atom. The number of aromatic nitrogens is 2. The average molecular weight is 272 g/mol. The number of halogens is 1. The molecule has 1 aliphatic rings. The first kappa shape index (κ1) is 13.2. The zero-order valence-corrected chi connectivity index (χ0v) is 10.2. The molecule has 0 bridgehead atoms. The summed E-state index contributed by atoms with van der Waals surface area (Å²) in [6, 6.07) is -0.980. The van der Waals surface area contributed by atoms with E-state index in [1.54, 1.807) is 0 Å². The van der Waals surface area contributed by atoms with Gasteiger partial charge in [-0.25, -0.2) is 9.18 Å². The zero-order valence-electron chi connectivity index (χ0n) is 10.2. The van der Waals surface area contributed by atoms with E-state index in [0.29, 0.717) is 0 Å². The van der Waals surface area contributed by atoms with E-state index in [9.17, 15) is 18.8 Å². The van der Waals surface area contributed by atoms with Crippen LogP contribution in [-0.2, 0) is 16.1 Å². The molecule has 1 aliphatic heterocycles. The number of amides is 2. The van der Waals surface area contributed by atoms with Crippen LogP contribution in [0.2, 0.25) is 0 Å². The molecule has 0 aliphatic carbocycles. The maximum absolute atomic E-state index is 13.3. The molecule has 2 N–H and O–H groups in total. The Balaban J connectivity index is 2.13. The van der Waals surface area contributed by atoms with E-state index in [4.69, 9.17) is 5.73 Å². The maximum atomic E-state index is 13.3.